The van der Waals surface area contributed by atoms with Crippen LogP contribution in [0.2, 0.25) is 0 Å². The van der Waals surface area contributed by atoms with E-state index >= 15 is 0 Å². The molecule has 0 spiro atoms. The largest absolute Gasteiger partial charge is 0.416 e. The van der Waals surface area contributed by atoms with Crippen LogP contribution in [0.4, 0.5) is 22.0 Å². The molecule has 0 saturated carbocycles. The van der Waals surface area contributed by atoms with Crippen LogP contribution in [-0.4, -0.2) is 17.6 Å². The molecule has 1 aromatic carbocycles. The number of hydrogen-bond acceptors (Lipinski definition) is 2. The van der Waals surface area contributed by atoms with E-state index < -0.39 is 35.9 Å². The lowest BCUT2D eigenvalue weighted by molar-refractivity contribution is -0.137. The summed E-state index contributed by atoms with van der Waals surface area (Å²) in [6.45, 7) is -1.54. The second-order valence-corrected chi connectivity index (χ2v) is 4.58. The summed E-state index contributed by atoms with van der Waals surface area (Å²) < 4.78 is 63.7. The van der Waals surface area contributed by atoms with E-state index in [4.69, 9.17) is 10.8 Å². The highest BCUT2D eigenvalue weighted by Crippen LogP contribution is 2.36. The number of aliphatic hydroxyl groups excluding tert-OH is 1. The van der Waals surface area contributed by atoms with E-state index in [1.807, 2.05) is 0 Å². The SMILES string of the molecule is N[C@H](c1cc(Br)cc(C(F)(F)F)c1)C(F)(F)CO. The molecule has 0 saturated heterocycles. The lowest BCUT2D eigenvalue weighted by Gasteiger charge is -2.22. The monoisotopic (exact) mass is 333 g/mol. The Labute approximate surface area is 108 Å². The van der Waals surface area contributed by atoms with Gasteiger partial charge in [0.05, 0.1) is 11.6 Å². The summed E-state index contributed by atoms with van der Waals surface area (Å²) in [5.74, 6) is -3.69. The Hall–Kier alpha value is -0.730. The molecule has 0 aliphatic rings. The molecule has 0 fully saturated rings. The van der Waals surface area contributed by atoms with Crippen molar-refractivity contribution in [2.75, 3.05) is 6.61 Å². The molecule has 3 N–H and O–H groups in total. The predicted molar refractivity (Wildman–Crippen MR) is 58.1 cm³/mol. The molecule has 0 bridgehead atoms. The summed E-state index contributed by atoms with van der Waals surface area (Å²) in [4.78, 5) is 0. The summed E-state index contributed by atoms with van der Waals surface area (Å²) in [6.07, 6.45) is -4.66. The Balaban J connectivity index is 3.23. The molecule has 18 heavy (non-hydrogen) atoms. The van der Waals surface area contributed by atoms with Crippen molar-refractivity contribution in [2.45, 2.75) is 18.1 Å². The van der Waals surface area contributed by atoms with Gasteiger partial charge in [-0.25, -0.2) is 8.78 Å². The van der Waals surface area contributed by atoms with Gasteiger partial charge in [-0.2, -0.15) is 13.2 Å². The summed E-state index contributed by atoms with van der Waals surface area (Å²) in [5, 5.41) is 8.46. The minimum Gasteiger partial charge on any atom is -0.390 e. The molecule has 1 aromatic rings. The summed E-state index contributed by atoms with van der Waals surface area (Å²) in [7, 11) is 0. The number of aliphatic hydroxyl groups is 1. The van der Waals surface area contributed by atoms with Gasteiger partial charge in [-0.3, -0.25) is 0 Å². The fourth-order valence-electron chi connectivity index (χ4n) is 1.30. The Morgan fingerprint density at radius 1 is 1.17 bits per heavy atom. The highest BCUT2D eigenvalue weighted by molar-refractivity contribution is 9.10. The van der Waals surface area contributed by atoms with Crippen molar-refractivity contribution in [3.05, 3.63) is 33.8 Å². The minimum absolute atomic E-state index is 0.0171. The molecule has 0 aliphatic heterocycles. The van der Waals surface area contributed by atoms with Gasteiger partial charge in [0.1, 0.15) is 6.61 Å². The fraction of sp³-hybridized carbons (Fsp3) is 0.400. The molecule has 1 atom stereocenters. The standard InChI is InChI=1S/C10H9BrF5NO/c11-7-2-5(8(17)9(12,13)4-18)1-6(3-7)10(14,15)16/h1-3,8,18H,4,17H2/t8-/m1/s1. The van der Waals surface area contributed by atoms with Crippen LogP contribution >= 0.6 is 15.9 Å². The van der Waals surface area contributed by atoms with Crippen molar-refractivity contribution < 1.29 is 27.1 Å². The number of benzene rings is 1. The summed E-state index contributed by atoms with van der Waals surface area (Å²) in [6, 6.07) is 0.344. The first-order valence-electron chi connectivity index (χ1n) is 4.70. The maximum atomic E-state index is 13.1. The third-order valence-corrected chi connectivity index (χ3v) is 2.73. The number of alkyl halides is 5. The first-order valence-corrected chi connectivity index (χ1v) is 5.49. The van der Waals surface area contributed by atoms with Gasteiger partial charge >= 0.3 is 6.18 Å². The van der Waals surface area contributed by atoms with Crippen LogP contribution in [0.25, 0.3) is 0 Å². The molecular weight excluding hydrogens is 325 g/mol. The highest BCUT2D eigenvalue weighted by atomic mass is 79.9. The lowest BCUT2D eigenvalue weighted by Crippen LogP contribution is -2.36. The van der Waals surface area contributed by atoms with E-state index in [9.17, 15) is 22.0 Å². The van der Waals surface area contributed by atoms with Crippen LogP contribution in [0.5, 0.6) is 0 Å². The van der Waals surface area contributed by atoms with Crippen LogP contribution in [0.15, 0.2) is 22.7 Å². The zero-order chi connectivity index (χ0) is 14.1. The smallest absolute Gasteiger partial charge is 0.390 e. The average Bonchev–Trinajstić information content (AvgIpc) is 2.26. The lowest BCUT2D eigenvalue weighted by atomic mass is 9.99. The predicted octanol–water partition coefficient (Wildman–Crippen LogP) is 3.10. The minimum atomic E-state index is -4.66. The fourth-order valence-corrected chi connectivity index (χ4v) is 1.81. The van der Waals surface area contributed by atoms with Crippen molar-refractivity contribution in [1.29, 1.82) is 0 Å². The van der Waals surface area contributed by atoms with Crippen molar-refractivity contribution in [1.82, 2.24) is 0 Å². The molecule has 0 radical (unpaired) electrons. The van der Waals surface area contributed by atoms with Gasteiger partial charge in [-0.1, -0.05) is 15.9 Å². The highest BCUT2D eigenvalue weighted by Gasteiger charge is 2.39. The van der Waals surface area contributed by atoms with Gasteiger partial charge in [-0.05, 0) is 23.8 Å². The second kappa shape index (κ2) is 5.10. The van der Waals surface area contributed by atoms with Crippen LogP contribution in [0.1, 0.15) is 17.2 Å². The topological polar surface area (TPSA) is 46.2 Å². The molecule has 0 aliphatic carbocycles. The number of hydrogen-bond donors (Lipinski definition) is 2. The van der Waals surface area contributed by atoms with E-state index in [-0.39, 0.29) is 4.47 Å². The van der Waals surface area contributed by atoms with E-state index in [0.717, 1.165) is 12.1 Å². The van der Waals surface area contributed by atoms with E-state index in [1.165, 1.54) is 0 Å². The van der Waals surface area contributed by atoms with E-state index in [1.54, 1.807) is 0 Å². The Morgan fingerprint density at radius 3 is 2.17 bits per heavy atom. The van der Waals surface area contributed by atoms with Crippen LogP contribution < -0.4 is 5.73 Å². The van der Waals surface area contributed by atoms with Gasteiger partial charge < -0.3 is 10.8 Å². The van der Waals surface area contributed by atoms with Crippen molar-refractivity contribution in [3.63, 3.8) is 0 Å². The van der Waals surface area contributed by atoms with E-state index in [0.29, 0.717) is 6.07 Å². The first-order chi connectivity index (χ1) is 8.08. The zero-order valence-electron chi connectivity index (χ0n) is 8.81. The normalized spacial score (nSPS) is 14.7. The first kappa shape index (κ1) is 15.3. The second-order valence-electron chi connectivity index (χ2n) is 3.67. The molecule has 0 unspecified atom stereocenters. The van der Waals surface area contributed by atoms with Gasteiger partial charge in [0.2, 0.25) is 0 Å². The third-order valence-electron chi connectivity index (χ3n) is 2.27. The van der Waals surface area contributed by atoms with Gasteiger partial charge in [0, 0.05) is 4.47 Å². The van der Waals surface area contributed by atoms with Gasteiger partial charge in [-0.15, -0.1) is 0 Å². The molecule has 2 nitrogen and oxygen atoms in total. The molecule has 0 heterocycles. The van der Waals surface area contributed by atoms with Gasteiger partial charge in [0.15, 0.2) is 0 Å². The van der Waals surface area contributed by atoms with Crippen molar-refractivity contribution in [3.8, 4) is 0 Å². The maximum absolute atomic E-state index is 13.1. The Morgan fingerprint density at radius 2 is 1.72 bits per heavy atom. The zero-order valence-corrected chi connectivity index (χ0v) is 10.4. The Kier molecular flexibility index (Phi) is 4.34. The van der Waals surface area contributed by atoms with Gasteiger partial charge in [0.25, 0.3) is 5.92 Å². The van der Waals surface area contributed by atoms with Crippen molar-refractivity contribution >= 4 is 15.9 Å². The molecule has 8 heteroatoms. The summed E-state index contributed by atoms with van der Waals surface area (Å²) in [5.41, 5.74) is 3.67. The van der Waals surface area contributed by atoms with Crippen LogP contribution in [0.3, 0.4) is 0 Å². The maximum Gasteiger partial charge on any atom is 0.416 e. The molecule has 1 rings (SSSR count). The molecule has 102 valence electrons. The van der Waals surface area contributed by atoms with Crippen LogP contribution in [0, 0.1) is 0 Å². The summed E-state index contributed by atoms with van der Waals surface area (Å²) >= 11 is 2.80. The quantitative estimate of drug-likeness (QED) is 0.835. The third kappa shape index (κ3) is 3.39. The molecular formula is C10H9BrF5NO. The number of halogens is 6. The number of rotatable bonds is 3. The van der Waals surface area contributed by atoms with E-state index in [2.05, 4.69) is 15.9 Å². The molecule has 0 amide bonds. The van der Waals surface area contributed by atoms with Crippen molar-refractivity contribution in [2.24, 2.45) is 5.73 Å². The molecule has 0 aromatic heterocycles. The van der Waals surface area contributed by atoms with Crippen LogP contribution in [-0.2, 0) is 6.18 Å². The number of nitrogens with two attached hydrogens (primary N) is 1. The average molecular weight is 334 g/mol. The Bertz CT molecular complexity index is 435.